The number of benzene rings is 1. The number of halogens is 2. The quantitative estimate of drug-likeness (QED) is 0.608. The number of nitrogens with zero attached hydrogens (tertiary/aromatic N) is 4. The van der Waals surface area contributed by atoms with Gasteiger partial charge in [-0.1, -0.05) is 57.6 Å². The predicted octanol–water partition coefficient (Wildman–Crippen LogP) is 3.68. The molecule has 0 spiro atoms. The van der Waals surface area contributed by atoms with Gasteiger partial charge in [-0.2, -0.15) is 0 Å². The first-order valence-corrected chi connectivity index (χ1v) is 9.69. The molecule has 3 N–H and O–H groups in total. The van der Waals surface area contributed by atoms with Gasteiger partial charge in [0.1, 0.15) is 0 Å². The van der Waals surface area contributed by atoms with E-state index in [2.05, 4.69) is 25.7 Å². The first kappa shape index (κ1) is 17.4. The fourth-order valence-corrected chi connectivity index (χ4v) is 4.40. The van der Waals surface area contributed by atoms with Crippen LogP contribution in [0.1, 0.15) is 0 Å². The SMILES string of the molecule is Nc1nnc(SCC(=O)Nc2nnc(-c3ccc(Cl)cc3Cl)s2)s1. The molecule has 0 radical (unpaired) electrons. The van der Waals surface area contributed by atoms with Crippen molar-refractivity contribution in [1.82, 2.24) is 20.4 Å². The number of nitrogens with one attached hydrogen (secondary N) is 1. The molecule has 0 aliphatic rings. The number of amides is 1. The van der Waals surface area contributed by atoms with Crippen LogP contribution in [0.25, 0.3) is 10.6 Å². The van der Waals surface area contributed by atoms with Crippen molar-refractivity contribution in [2.45, 2.75) is 4.34 Å². The summed E-state index contributed by atoms with van der Waals surface area (Å²) in [6.45, 7) is 0. The highest BCUT2D eigenvalue weighted by molar-refractivity contribution is 8.01. The van der Waals surface area contributed by atoms with E-state index in [1.54, 1.807) is 18.2 Å². The highest BCUT2D eigenvalue weighted by atomic mass is 35.5. The number of anilines is 2. The van der Waals surface area contributed by atoms with Crippen LogP contribution in [0.15, 0.2) is 22.5 Å². The van der Waals surface area contributed by atoms with E-state index in [-0.39, 0.29) is 11.7 Å². The van der Waals surface area contributed by atoms with E-state index >= 15 is 0 Å². The number of carbonyl (C=O) groups is 1. The fourth-order valence-electron chi connectivity index (χ4n) is 1.61. The molecular weight excluding hydrogens is 411 g/mol. The Hall–Kier alpha value is -1.46. The summed E-state index contributed by atoms with van der Waals surface area (Å²) in [5.41, 5.74) is 6.19. The molecule has 0 unspecified atom stereocenters. The second kappa shape index (κ2) is 7.62. The zero-order valence-corrected chi connectivity index (χ0v) is 15.7. The molecule has 124 valence electrons. The van der Waals surface area contributed by atoms with Gasteiger partial charge in [-0.05, 0) is 18.2 Å². The minimum absolute atomic E-state index is 0.172. The summed E-state index contributed by atoms with van der Waals surface area (Å²) in [5, 5.41) is 20.5. The van der Waals surface area contributed by atoms with Gasteiger partial charge in [0.25, 0.3) is 0 Å². The Morgan fingerprint density at radius 1 is 1.21 bits per heavy atom. The van der Waals surface area contributed by atoms with E-state index in [1.165, 1.54) is 34.4 Å². The third kappa shape index (κ3) is 4.33. The lowest BCUT2D eigenvalue weighted by Gasteiger charge is -2.00. The summed E-state index contributed by atoms with van der Waals surface area (Å²) >= 11 is 15.7. The van der Waals surface area contributed by atoms with Crippen LogP contribution in [0.4, 0.5) is 10.3 Å². The first-order chi connectivity index (χ1) is 11.5. The molecule has 7 nitrogen and oxygen atoms in total. The molecule has 0 saturated carbocycles. The lowest BCUT2D eigenvalue weighted by Crippen LogP contribution is -2.13. The lowest BCUT2D eigenvalue weighted by molar-refractivity contribution is -0.113. The number of carbonyl (C=O) groups excluding carboxylic acids is 1. The van der Waals surface area contributed by atoms with Crippen molar-refractivity contribution in [3.63, 3.8) is 0 Å². The number of rotatable bonds is 5. The van der Waals surface area contributed by atoms with Gasteiger partial charge in [0, 0.05) is 10.6 Å². The second-order valence-electron chi connectivity index (χ2n) is 4.28. The van der Waals surface area contributed by atoms with Crippen LogP contribution in [-0.4, -0.2) is 32.1 Å². The van der Waals surface area contributed by atoms with Gasteiger partial charge < -0.3 is 5.73 Å². The third-order valence-electron chi connectivity index (χ3n) is 2.58. The molecule has 3 rings (SSSR count). The number of aromatic nitrogens is 4. The second-order valence-corrected chi connectivity index (χ2v) is 8.33. The van der Waals surface area contributed by atoms with Gasteiger partial charge in [-0.3, -0.25) is 10.1 Å². The Kier molecular flexibility index (Phi) is 5.51. The van der Waals surface area contributed by atoms with E-state index in [9.17, 15) is 4.79 Å². The van der Waals surface area contributed by atoms with Gasteiger partial charge in [0.15, 0.2) is 9.35 Å². The van der Waals surface area contributed by atoms with Crippen LogP contribution in [0.5, 0.6) is 0 Å². The summed E-state index contributed by atoms with van der Waals surface area (Å²) in [4.78, 5) is 11.9. The van der Waals surface area contributed by atoms with E-state index < -0.39 is 0 Å². The Labute approximate surface area is 158 Å². The summed E-state index contributed by atoms with van der Waals surface area (Å²) < 4.78 is 0.633. The van der Waals surface area contributed by atoms with Crippen LogP contribution in [0.3, 0.4) is 0 Å². The Morgan fingerprint density at radius 3 is 2.75 bits per heavy atom. The number of nitrogens with two attached hydrogens (primary N) is 1. The molecule has 0 aliphatic carbocycles. The average molecular weight is 419 g/mol. The van der Waals surface area contributed by atoms with Crippen LogP contribution in [0.2, 0.25) is 10.0 Å². The molecule has 2 heterocycles. The molecule has 3 aromatic rings. The van der Waals surface area contributed by atoms with Crippen LogP contribution in [-0.2, 0) is 4.79 Å². The molecule has 0 bridgehead atoms. The topological polar surface area (TPSA) is 107 Å². The van der Waals surface area contributed by atoms with Crippen molar-refractivity contribution in [3.05, 3.63) is 28.2 Å². The standard InChI is InChI=1S/C12H8Cl2N6OS3/c13-5-1-2-6(7(14)3-5)9-17-19-11(23-9)16-8(21)4-22-12-20-18-10(15)24-12/h1-3H,4H2,(H2,15,18)(H,16,19,21). The van der Waals surface area contributed by atoms with Gasteiger partial charge in [-0.15, -0.1) is 20.4 Å². The molecule has 0 aliphatic heterocycles. The van der Waals surface area contributed by atoms with Crippen LogP contribution < -0.4 is 11.1 Å². The number of thioether (sulfide) groups is 1. The monoisotopic (exact) mass is 418 g/mol. The number of hydrogen-bond acceptors (Lipinski definition) is 9. The molecule has 0 atom stereocenters. The Balaban J connectivity index is 1.62. The minimum Gasteiger partial charge on any atom is -0.374 e. The number of hydrogen-bond donors (Lipinski definition) is 2. The number of nitrogen functional groups attached to an aromatic ring is 1. The molecule has 1 amide bonds. The van der Waals surface area contributed by atoms with Crippen molar-refractivity contribution >= 4 is 73.8 Å². The lowest BCUT2D eigenvalue weighted by atomic mass is 10.2. The maximum absolute atomic E-state index is 11.9. The molecule has 24 heavy (non-hydrogen) atoms. The first-order valence-electron chi connectivity index (χ1n) is 6.32. The molecule has 2 aromatic heterocycles. The van der Waals surface area contributed by atoms with E-state index in [0.717, 1.165) is 0 Å². The smallest absolute Gasteiger partial charge is 0.236 e. The zero-order valence-electron chi connectivity index (χ0n) is 11.7. The van der Waals surface area contributed by atoms with Gasteiger partial charge in [0.05, 0.1) is 10.8 Å². The summed E-state index contributed by atoms with van der Waals surface area (Å²) in [6.07, 6.45) is 0. The zero-order chi connectivity index (χ0) is 17.1. The van der Waals surface area contributed by atoms with E-state index in [4.69, 9.17) is 28.9 Å². The average Bonchev–Trinajstić information content (AvgIpc) is 3.14. The highest BCUT2D eigenvalue weighted by Gasteiger charge is 2.13. The third-order valence-corrected chi connectivity index (χ3v) is 5.89. The molecule has 1 aromatic carbocycles. The molecular formula is C12H8Cl2N6OS3. The van der Waals surface area contributed by atoms with Crippen molar-refractivity contribution in [2.24, 2.45) is 0 Å². The summed E-state index contributed by atoms with van der Waals surface area (Å²) in [7, 11) is 0. The van der Waals surface area contributed by atoms with Gasteiger partial charge in [-0.25, -0.2) is 0 Å². The fraction of sp³-hybridized carbons (Fsp3) is 0.0833. The van der Waals surface area contributed by atoms with Gasteiger partial charge in [0.2, 0.25) is 16.2 Å². The molecule has 0 saturated heterocycles. The Morgan fingerprint density at radius 2 is 2.04 bits per heavy atom. The van der Waals surface area contributed by atoms with Crippen molar-refractivity contribution in [1.29, 1.82) is 0 Å². The predicted molar refractivity (Wildman–Crippen MR) is 99.0 cm³/mol. The van der Waals surface area contributed by atoms with Crippen molar-refractivity contribution < 1.29 is 4.79 Å². The minimum atomic E-state index is -0.223. The molecule has 0 fully saturated rings. The van der Waals surface area contributed by atoms with Crippen LogP contribution >= 0.6 is 57.6 Å². The van der Waals surface area contributed by atoms with E-state index in [1.807, 2.05) is 0 Å². The Bertz CT molecular complexity index is 883. The maximum atomic E-state index is 11.9. The highest BCUT2D eigenvalue weighted by Crippen LogP contribution is 2.33. The van der Waals surface area contributed by atoms with Gasteiger partial charge >= 0.3 is 0 Å². The van der Waals surface area contributed by atoms with E-state index in [0.29, 0.717) is 35.2 Å². The van der Waals surface area contributed by atoms with Crippen LogP contribution in [0, 0.1) is 0 Å². The maximum Gasteiger partial charge on any atom is 0.236 e. The normalized spacial score (nSPS) is 10.8. The van der Waals surface area contributed by atoms with Crippen molar-refractivity contribution in [2.75, 3.05) is 16.8 Å². The summed E-state index contributed by atoms with van der Waals surface area (Å²) in [5.74, 6) is -0.0516. The largest absolute Gasteiger partial charge is 0.374 e. The summed E-state index contributed by atoms with van der Waals surface area (Å²) in [6, 6.07) is 5.10. The van der Waals surface area contributed by atoms with Crippen molar-refractivity contribution in [3.8, 4) is 10.6 Å². The molecule has 12 heteroatoms.